The molecule has 1 aromatic carbocycles. The first-order valence-electron chi connectivity index (χ1n) is 7.05. The molecule has 5 heteroatoms. The largest absolute Gasteiger partial charge is 0.355 e. The van der Waals surface area contributed by atoms with Gasteiger partial charge in [0.25, 0.3) is 0 Å². The lowest BCUT2D eigenvalue weighted by Crippen LogP contribution is -2.45. The average Bonchev–Trinajstić information content (AvgIpc) is 2.78. The SMILES string of the molecule is C[C@H]1C[C@H](N2CC(Nc3c(Br)cccc3C#N)=CC2=O)C1. The Bertz CT molecular complexity index is 656. The molecule has 1 fully saturated rings. The molecule has 2 aliphatic rings. The summed E-state index contributed by atoms with van der Waals surface area (Å²) in [4.78, 5) is 14.0. The number of nitriles is 1. The van der Waals surface area contributed by atoms with Crippen LogP contribution in [-0.4, -0.2) is 23.4 Å². The van der Waals surface area contributed by atoms with Gasteiger partial charge in [0.2, 0.25) is 5.91 Å². The Morgan fingerprint density at radius 3 is 2.86 bits per heavy atom. The van der Waals surface area contributed by atoms with Gasteiger partial charge in [0.15, 0.2) is 0 Å². The Hall–Kier alpha value is -1.80. The number of benzene rings is 1. The Kier molecular flexibility index (Phi) is 3.73. The number of carbonyl (C=O) groups excluding carboxylic acids is 1. The Morgan fingerprint density at radius 1 is 1.43 bits per heavy atom. The van der Waals surface area contributed by atoms with Crippen LogP contribution >= 0.6 is 15.9 Å². The van der Waals surface area contributed by atoms with Crippen molar-refractivity contribution in [2.45, 2.75) is 25.8 Å². The van der Waals surface area contributed by atoms with Crippen LogP contribution in [0.15, 0.2) is 34.4 Å². The quantitative estimate of drug-likeness (QED) is 0.914. The molecule has 0 saturated heterocycles. The Morgan fingerprint density at radius 2 is 2.19 bits per heavy atom. The summed E-state index contributed by atoms with van der Waals surface area (Å²) in [5.41, 5.74) is 2.14. The van der Waals surface area contributed by atoms with Crippen LogP contribution in [-0.2, 0) is 4.79 Å². The van der Waals surface area contributed by atoms with Crippen molar-refractivity contribution in [3.05, 3.63) is 40.0 Å². The second-order valence-electron chi connectivity index (χ2n) is 5.77. The van der Waals surface area contributed by atoms with Crippen molar-refractivity contribution < 1.29 is 4.79 Å². The monoisotopic (exact) mass is 345 g/mol. The van der Waals surface area contributed by atoms with Crippen molar-refractivity contribution in [3.8, 4) is 6.07 Å². The van der Waals surface area contributed by atoms with E-state index in [2.05, 4.69) is 34.2 Å². The van der Waals surface area contributed by atoms with Gasteiger partial charge < -0.3 is 10.2 Å². The highest BCUT2D eigenvalue weighted by Crippen LogP contribution is 2.34. The fourth-order valence-corrected chi connectivity index (χ4v) is 3.41. The van der Waals surface area contributed by atoms with Gasteiger partial charge in [-0.05, 0) is 46.8 Å². The molecule has 21 heavy (non-hydrogen) atoms. The number of nitrogens with one attached hydrogen (secondary N) is 1. The predicted molar refractivity (Wildman–Crippen MR) is 84.5 cm³/mol. The average molecular weight is 346 g/mol. The van der Waals surface area contributed by atoms with Crippen molar-refractivity contribution >= 4 is 27.5 Å². The van der Waals surface area contributed by atoms with Crippen LogP contribution in [0.1, 0.15) is 25.3 Å². The summed E-state index contributed by atoms with van der Waals surface area (Å²) in [6.07, 6.45) is 3.82. The minimum atomic E-state index is 0.0694. The summed E-state index contributed by atoms with van der Waals surface area (Å²) in [6, 6.07) is 8.00. The Balaban J connectivity index is 1.74. The molecule has 1 amide bonds. The third-order valence-electron chi connectivity index (χ3n) is 4.13. The van der Waals surface area contributed by atoms with E-state index in [-0.39, 0.29) is 5.91 Å². The molecule has 0 atom stereocenters. The minimum Gasteiger partial charge on any atom is -0.355 e. The zero-order valence-corrected chi connectivity index (χ0v) is 13.4. The molecule has 1 heterocycles. The van der Waals surface area contributed by atoms with E-state index < -0.39 is 0 Å². The van der Waals surface area contributed by atoms with Gasteiger partial charge in [-0.15, -0.1) is 0 Å². The summed E-state index contributed by atoms with van der Waals surface area (Å²) in [6.45, 7) is 2.81. The molecule has 1 N–H and O–H groups in total. The number of hydrogen-bond donors (Lipinski definition) is 1. The molecule has 0 radical (unpaired) electrons. The molecule has 0 aromatic heterocycles. The van der Waals surface area contributed by atoms with Crippen molar-refractivity contribution in [1.82, 2.24) is 4.90 Å². The number of hydrogen-bond acceptors (Lipinski definition) is 3. The van der Waals surface area contributed by atoms with E-state index in [9.17, 15) is 10.1 Å². The van der Waals surface area contributed by atoms with Crippen LogP contribution in [0.5, 0.6) is 0 Å². The van der Waals surface area contributed by atoms with E-state index in [4.69, 9.17) is 0 Å². The highest BCUT2D eigenvalue weighted by atomic mass is 79.9. The fraction of sp³-hybridized carbons (Fsp3) is 0.375. The third kappa shape index (κ3) is 2.68. The van der Waals surface area contributed by atoms with Crippen LogP contribution in [0.2, 0.25) is 0 Å². The van der Waals surface area contributed by atoms with E-state index in [1.165, 1.54) is 0 Å². The van der Waals surface area contributed by atoms with Crippen LogP contribution in [0, 0.1) is 17.2 Å². The van der Waals surface area contributed by atoms with E-state index in [0.717, 1.165) is 28.7 Å². The van der Waals surface area contributed by atoms with Crippen molar-refractivity contribution in [2.24, 2.45) is 5.92 Å². The highest BCUT2D eigenvalue weighted by molar-refractivity contribution is 9.10. The lowest BCUT2D eigenvalue weighted by Gasteiger charge is -2.39. The number of para-hydroxylation sites is 1. The van der Waals surface area contributed by atoms with E-state index in [0.29, 0.717) is 24.1 Å². The van der Waals surface area contributed by atoms with Crippen molar-refractivity contribution in [1.29, 1.82) is 5.26 Å². The van der Waals surface area contributed by atoms with Crippen molar-refractivity contribution in [3.63, 3.8) is 0 Å². The van der Waals surface area contributed by atoms with Gasteiger partial charge in [-0.1, -0.05) is 13.0 Å². The number of rotatable bonds is 3. The van der Waals surface area contributed by atoms with Crippen molar-refractivity contribution in [2.75, 3.05) is 11.9 Å². The Labute approximate surface area is 132 Å². The van der Waals surface area contributed by atoms with Crippen LogP contribution < -0.4 is 5.32 Å². The van der Waals surface area contributed by atoms with E-state index in [1.807, 2.05) is 17.0 Å². The number of carbonyl (C=O) groups is 1. The standard InChI is InChI=1S/C16H16BrN3O/c1-10-5-13(6-10)20-9-12(7-15(20)21)19-16-11(8-18)3-2-4-14(16)17/h2-4,7,10,13,19H,5-6,9H2,1H3/t10-,13-. The first kappa shape index (κ1) is 14.2. The summed E-state index contributed by atoms with van der Waals surface area (Å²) < 4.78 is 0.825. The molecule has 0 bridgehead atoms. The topological polar surface area (TPSA) is 56.1 Å². The molecule has 0 unspecified atom stereocenters. The molecule has 4 nitrogen and oxygen atoms in total. The number of nitrogens with zero attached hydrogens (tertiary/aromatic N) is 2. The van der Waals surface area contributed by atoms with E-state index >= 15 is 0 Å². The van der Waals surface area contributed by atoms with Gasteiger partial charge in [-0.3, -0.25) is 4.79 Å². The minimum absolute atomic E-state index is 0.0694. The van der Waals surface area contributed by atoms with Gasteiger partial charge in [0, 0.05) is 22.3 Å². The normalized spacial score (nSPS) is 24.3. The molecule has 3 rings (SSSR count). The second-order valence-corrected chi connectivity index (χ2v) is 6.62. The summed E-state index contributed by atoms with van der Waals surface area (Å²) >= 11 is 3.45. The maximum atomic E-state index is 12.1. The first-order valence-corrected chi connectivity index (χ1v) is 7.84. The van der Waals surface area contributed by atoms with Gasteiger partial charge in [0.05, 0.1) is 17.8 Å². The molecular formula is C16H16BrN3O. The van der Waals surface area contributed by atoms with E-state index in [1.54, 1.807) is 12.1 Å². The lowest BCUT2D eigenvalue weighted by molar-refractivity contribution is -0.128. The second kappa shape index (κ2) is 5.53. The molecule has 1 aromatic rings. The van der Waals surface area contributed by atoms with Gasteiger partial charge in [-0.25, -0.2) is 0 Å². The van der Waals surface area contributed by atoms with Gasteiger partial charge in [0.1, 0.15) is 6.07 Å². The maximum Gasteiger partial charge on any atom is 0.248 e. The van der Waals surface area contributed by atoms with Crippen LogP contribution in [0.4, 0.5) is 5.69 Å². The maximum absolute atomic E-state index is 12.1. The number of anilines is 1. The molecule has 108 valence electrons. The zero-order valence-electron chi connectivity index (χ0n) is 11.8. The smallest absolute Gasteiger partial charge is 0.248 e. The van der Waals surface area contributed by atoms with Crippen LogP contribution in [0.3, 0.4) is 0 Å². The molecule has 1 aliphatic heterocycles. The molecule has 0 spiro atoms. The summed E-state index contributed by atoms with van der Waals surface area (Å²) in [7, 11) is 0. The summed E-state index contributed by atoms with van der Waals surface area (Å²) in [5, 5.41) is 12.4. The highest BCUT2D eigenvalue weighted by Gasteiger charge is 2.36. The molecular weight excluding hydrogens is 330 g/mol. The fourth-order valence-electron chi connectivity index (χ4n) is 2.94. The van der Waals surface area contributed by atoms with Gasteiger partial charge in [-0.2, -0.15) is 5.26 Å². The number of amides is 1. The first-order chi connectivity index (χ1) is 10.1. The van der Waals surface area contributed by atoms with Gasteiger partial charge >= 0.3 is 0 Å². The zero-order chi connectivity index (χ0) is 15.0. The van der Waals surface area contributed by atoms with Crippen LogP contribution in [0.25, 0.3) is 0 Å². The summed E-state index contributed by atoms with van der Waals surface area (Å²) in [5.74, 6) is 0.785. The molecule has 1 saturated carbocycles. The molecule has 1 aliphatic carbocycles. The lowest BCUT2D eigenvalue weighted by atomic mass is 9.81. The number of halogens is 1. The third-order valence-corrected chi connectivity index (χ3v) is 4.79. The predicted octanol–water partition coefficient (Wildman–Crippen LogP) is 3.26.